The molecule has 0 amide bonds. The van der Waals surface area contributed by atoms with Crippen LogP contribution in [0.4, 0.5) is 17.1 Å². The van der Waals surface area contributed by atoms with E-state index in [-0.39, 0.29) is 0 Å². The van der Waals surface area contributed by atoms with E-state index in [4.69, 9.17) is 0 Å². The number of aryl methyl sites for hydroxylation is 1. The summed E-state index contributed by atoms with van der Waals surface area (Å²) in [5.74, 6) is 0. The Labute approximate surface area is 181 Å². The highest BCUT2D eigenvalue weighted by atomic mass is 15.1. The predicted octanol–water partition coefficient (Wildman–Crippen LogP) is 7.98. The highest BCUT2D eigenvalue weighted by Crippen LogP contribution is 2.29. The van der Waals surface area contributed by atoms with Crippen LogP contribution in [0.2, 0.25) is 0 Å². The number of nitrogens with zero attached hydrogens (tertiary/aromatic N) is 4. The Morgan fingerprint density at radius 2 is 1.29 bits per heavy atom. The molecule has 0 unspecified atom stereocenters. The van der Waals surface area contributed by atoms with Crippen molar-refractivity contribution >= 4 is 45.1 Å². The first-order valence-corrected chi connectivity index (χ1v) is 10.4. The summed E-state index contributed by atoms with van der Waals surface area (Å²) in [7, 11) is 0. The smallest absolute Gasteiger partial charge is 0.0858 e. The van der Waals surface area contributed by atoms with Crippen LogP contribution < -0.4 is 0 Å². The van der Waals surface area contributed by atoms with E-state index in [1.54, 1.807) is 0 Å². The fourth-order valence-corrected chi connectivity index (χ4v) is 3.86. The van der Waals surface area contributed by atoms with Gasteiger partial charge in [-0.2, -0.15) is 10.2 Å². The third-order valence-corrected chi connectivity index (χ3v) is 5.36. The Bertz CT molecular complexity index is 1390. The lowest BCUT2D eigenvalue weighted by molar-refractivity contribution is 0.827. The molecule has 0 fully saturated rings. The standard InChI is InChI=1S/C27H22N4/c1-2-31-26-11-7-6-10-24(26)25-18-20(12-17-27(25)31)19-28-21-13-15-23(16-14-21)30-29-22-8-4-3-5-9-22/h3-19H,2H2,1H3. The zero-order valence-electron chi connectivity index (χ0n) is 17.3. The fourth-order valence-electron chi connectivity index (χ4n) is 3.86. The van der Waals surface area contributed by atoms with Crippen LogP contribution in [0.3, 0.4) is 0 Å². The number of hydrogen-bond donors (Lipinski definition) is 0. The van der Waals surface area contributed by atoms with Gasteiger partial charge in [0.15, 0.2) is 0 Å². The molecule has 1 heterocycles. The van der Waals surface area contributed by atoms with E-state index in [0.29, 0.717) is 0 Å². The average Bonchev–Trinajstić information content (AvgIpc) is 3.16. The molecule has 4 nitrogen and oxygen atoms in total. The van der Waals surface area contributed by atoms with E-state index in [9.17, 15) is 0 Å². The minimum absolute atomic E-state index is 0.802. The second kappa shape index (κ2) is 8.36. The topological polar surface area (TPSA) is 42.0 Å². The van der Waals surface area contributed by atoms with Crippen molar-refractivity contribution in [2.24, 2.45) is 15.2 Å². The van der Waals surface area contributed by atoms with Crippen molar-refractivity contribution < 1.29 is 0 Å². The molecule has 4 aromatic carbocycles. The van der Waals surface area contributed by atoms with Gasteiger partial charge in [0, 0.05) is 34.6 Å². The molecule has 0 aliphatic heterocycles. The molecule has 0 aliphatic carbocycles. The molecular formula is C27H22N4. The number of benzene rings is 4. The highest BCUT2D eigenvalue weighted by Gasteiger charge is 2.09. The molecule has 150 valence electrons. The zero-order valence-corrected chi connectivity index (χ0v) is 17.3. The molecule has 0 atom stereocenters. The van der Waals surface area contributed by atoms with Gasteiger partial charge in [-0.15, -0.1) is 0 Å². The predicted molar refractivity (Wildman–Crippen MR) is 129 cm³/mol. The third kappa shape index (κ3) is 3.88. The minimum atomic E-state index is 0.802. The maximum absolute atomic E-state index is 4.65. The molecule has 5 aromatic rings. The quantitative estimate of drug-likeness (QED) is 0.211. The molecule has 31 heavy (non-hydrogen) atoms. The van der Waals surface area contributed by atoms with Crippen LogP contribution in [0.25, 0.3) is 21.8 Å². The third-order valence-electron chi connectivity index (χ3n) is 5.36. The van der Waals surface area contributed by atoms with Gasteiger partial charge in [-0.3, -0.25) is 4.99 Å². The molecule has 0 bridgehead atoms. The number of aromatic nitrogens is 1. The van der Waals surface area contributed by atoms with Gasteiger partial charge in [-0.25, -0.2) is 0 Å². The number of aliphatic imine (C=N–C) groups is 1. The summed E-state index contributed by atoms with van der Waals surface area (Å²) in [5, 5.41) is 11.1. The summed E-state index contributed by atoms with van der Waals surface area (Å²) < 4.78 is 2.36. The summed E-state index contributed by atoms with van der Waals surface area (Å²) in [6.45, 7) is 3.13. The summed E-state index contributed by atoms with van der Waals surface area (Å²) in [5.41, 5.74) is 6.14. The number of hydrogen-bond acceptors (Lipinski definition) is 3. The zero-order chi connectivity index (χ0) is 21.0. The summed E-state index contributed by atoms with van der Waals surface area (Å²) >= 11 is 0. The van der Waals surface area contributed by atoms with Crippen molar-refractivity contribution in [1.29, 1.82) is 0 Å². The average molecular weight is 403 g/mol. The summed E-state index contributed by atoms with van der Waals surface area (Å²) in [6, 6.07) is 32.6. The van der Waals surface area contributed by atoms with Crippen LogP contribution >= 0.6 is 0 Å². The SMILES string of the molecule is CCn1c2ccccc2c2cc(C=Nc3ccc(N=Nc4ccccc4)cc3)ccc21. The molecule has 0 N–H and O–H groups in total. The maximum Gasteiger partial charge on any atom is 0.0858 e. The molecule has 0 saturated heterocycles. The number of azo groups is 1. The van der Waals surface area contributed by atoms with Crippen LogP contribution in [-0.2, 0) is 6.54 Å². The van der Waals surface area contributed by atoms with Crippen LogP contribution in [0.15, 0.2) is 112 Å². The maximum atomic E-state index is 4.65. The molecule has 0 radical (unpaired) electrons. The van der Waals surface area contributed by atoms with Crippen molar-refractivity contribution in [2.45, 2.75) is 13.5 Å². The van der Waals surface area contributed by atoms with Crippen LogP contribution in [0.5, 0.6) is 0 Å². The van der Waals surface area contributed by atoms with Gasteiger partial charge in [-0.1, -0.05) is 42.5 Å². The van der Waals surface area contributed by atoms with E-state index in [2.05, 4.69) is 69.2 Å². The molecule has 1 aromatic heterocycles. The van der Waals surface area contributed by atoms with Crippen LogP contribution in [0, 0.1) is 0 Å². The lowest BCUT2D eigenvalue weighted by Crippen LogP contribution is -1.92. The van der Waals surface area contributed by atoms with Gasteiger partial charge in [-0.05, 0) is 67.1 Å². The largest absolute Gasteiger partial charge is 0.341 e. The van der Waals surface area contributed by atoms with Crippen LogP contribution in [-0.4, -0.2) is 10.8 Å². The van der Waals surface area contributed by atoms with Gasteiger partial charge in [0.1, 0.15) is 0 Å². The normalized spacial score (nSPS) is 11.9. The van der Waals surface area contributed by atoms with Crippen molar-refractivity contribution in [1.82, 2.24) is 4.57 Å². The molecule has 0 aliphatic rings. The first-order valence-electron chi connectivity index (χ1n) is 10.4. The van der Waals surface area contributed by atoms with E-state index in [1.807, 2.05) is 60.8 Å². The minimum Gasteiger partial charge on any atom is -0.341 e. The molecule has 0 saturated carbocycles. The lowest BCUT2D eigenvalue weighted by Gasteiger charge is -2.02. The van der Waals surface area contributed by atoms with Crippen molar-refractivity contribution in [2.75, 3.05) is 0 Å². The number of para-hydroxylation sites is 1. The molecule has 4 heteroatoms. The fraction of sp³-hybridized carbons (Fsp3) is 0.0741. The van der Waals surface area contributed by atoms with Crippen molar-refractivity contribution in [3.63, 3.8) is 0 Å². The molecular weight excluding hydrogens is 380 g/mol. The first kappa shape index (κ1) is 18.9. The monoisotopic (exact) mass is 402 g/mol. The second-order valence-corrected chi connectivity index (χ2v) is 7.35. The first-order chi connectivity index (χ1) is 15.3. The highest BCUT2D eigenvalue weighted by molar-refractivity contribution is 6.09. The molecule has 5 rings (SSSR count). The molecule has 0 spiro atoms. The lowest BCUT2D eigenvalue weighted by atomic mass is 10.1. The van der Waals surface area contributed by atoms with E-state index in [1.165, 1.54) is 21.8 Å². The van der Waals surface area contributed by atoms with Gasteiger partial charge < -0.3 is 4.57 Å². The van der Waals surface area contributed by atoms with Gasteiger partial charge in [0.25, 0.3) is 0 Å². The Kier molecular flexibility index (Phi) is 5.11. The van der Waals surface area contributed by atoms with Gasteiger partial charge in [0.2, 0.25) is 0 Å². The van der Waals surface area contributed by atoms with E-state index < -0.39 is 0 Å². The van der Waals surface area contributed by atoms with Gasteiger partial charge >= 0.3 is 0 Å². The Morgan fingerprint density at radius 1 is 0.645 bits per heavy atom. The van der Waals surface area contributed by atoms with Crippen LogP contribution in [0.1, 0.15) is 12.5 Å². The number of rotatable bonds is 5. The van der Waals surface area contributed by atoms with Crippen molar-refractivity contribution in [3.8, 4) is 0 Å². The Hall–Kier alpha value is -4.05. The van der Waals surface area contributed by atoms with E-state index >= 15 is 0 Å². The Morgan fingerprint density at radius 3 is 2.06 bits per heavy atom. The number of fused-ring (bicyclic) bond motifs is 3. The summed E-state index contributed by atoms with van der Waals surface area (Å²) in [6.07, 6.45) is 1.91. The Balaban J connectivity index is 1.39. The second-order valence-electron chi connectivity index (χ2n) is 7.35. The summed E-state index contributed by atoms with van der Waals surface area (Å²) in [4.78, 5) is 4.65. The van der Waals surface area contributed by atoms with Crippen molar-refractivity contribution in [3.05, 3.63) is 103 Å². The van der Waals surface area contributed by atoms with E-state index in [0.717, 1.165) is 29.2 Å². The van der Waals surface area contributed by atoms with Gasteiger partial charge in [0.05, 0.1) is 17.1 Å².